The lowest BCUT2D eigenvalue weighted by molar-refractivity contribution is 0.197. The van der Waals surface area contributed by atoms with Gasteiger partial charge < -0.3 is 10.1 Å². The fourth-order valence-electron chi connectivity index (χ4n) is 2.10. The normalized spacial score (nSPS) is 12.8. The molecule has 108 valence electrons. The molecule has 1 heterocycles. The number of benzene rings is 1. The van der Waals surface area contributed by atoms with Gasteiger partial charge in [-0.3, -0.25) is 0 Å². The summed E-state index contributed by atoms with van der Waals surface area (Å²) < 4.78 is 5.12. The molecule has 0 saturated heterocycles. The van der Waals surface area contributed by atoms with Crippen LogP contribution in [-0.2, 0) is 4.74 Å². The predicted octanol–water partition coefficient (Wildman–Crippen LogP) is 3.59. The van der Waals surface area contributed by atoms with Gasteiger partial charge in [-0.1, -0.05) is 38.1 Å². The number of methoxy groups -OCH3 is 1. The van der Waals surface area contributed by atoms with Gasteiger partial charge in [0.1, 0.15) is 5.01 Å². The van der Waals surface area contributed by atoms with Crippen LogP contribution >= 0.6 is 11.3 Å². The van der Waals surface area contributed by atoms with Gasteiger partial charge in [-0.15, -0.1) is 11.3 Å². The lowest BCUT2D eigenvalue weighted by Gasteiger charge is -2.17. The zero-order chi connectivity index (χ0) is 14.4. The highest BCUT2D eigenvalue weighted by molar-refractivity contribution is 7.09. The molecule has 0 spiro atoms. The van der Waals surface area contributed by atoms with Crippen molar-refractivity contribution in [1.29, 1.82) is 0 Å². The molecule has 1 atom stereocenters. The van der Waals surface area contributed by atoms with E-state index in [0.29, 0.717) is 12.5 Å². The summed E-state index contributed by atoms with van der Waals surface area (Å²) in [5.74, 6) is 0.559. The van der Waals surface area contributed by atoms with E-state index in [1.165, 1.54) is 11.1 Å². The summed E-state index contributed by atoms with van der Waals surface area (Å²) in [7, 11) is 1.72. The van der Waals surface area contributed by atoms with E-state index >= 15 is 0 Å². The third kappa shape index (κ3) is 3.88. The third-order valence-corrected chi connectivity index (χ3v) is 4.13. The molecule has 1 unspecified atom stereocenters. The van der Waals surface area contributed by atoms with Gasteiger partial charge in [0.2, 0.25) is 0 Å². The van der Waals surface area contributed by atoms with Gasteiger partial charge in [-0.05, 0) is 17.0 Å². The number of rotatable bonds is 7. The molecule has 2 aromatic rings. The van der Waals surface area contributed by atoms with Gasteiger partial charge in [-0.25, -0.2) is 4.98 Å². The molecular weight excluding hydrogens is 268 g/mol. The van der Waals surface area contributed by atoms with Crippen molar-refractivity contribution >= 4 is 11.3 Å². The molecule has 0 aliphatic rings. The zero-order valence-electron chi connectivity index (χ0n) is 12.3. The van der Waals surface area contributed by atoms with Crippen molar-refractivity contribution in [3.05, 3.63) is 52.0 Å². The number of ether oxygens (including phenoxy) is 1. The van der Waals surface area contributed by atoms with Crippen molar-refractivity contribution in [2.75, 3.05) is 20.3 Å². The van der Waals surface area contributed by atoms with E-state index < -0.39 is 0 Å². The first-order chi connectivity index (χ1) is 9.72. The summed E-state index contributed by atoms with van der Waals surface area (Å²) in [6.45, 7) is 5.94. The first-order valence-corrected chi connectivity index (χ1v) is 7.82. The van der Waals surface area contributed by atoms with Crippen molar-refractivity contribution in [2.24, 2.45) is 0 Å². The number of aromatic nitrogens is 1. The summed E-state index contributed by atoms with van der Waals surface area (Å²) in [5.41, 5.74) is 2.61. The quantitative estimate of drug-likeness (QED) is 0.791. The van der Waals surface area contributed by atoms with Crippen LogP contribution in [0.15, 0.2) is 35.8 Å². The Hall–Kier alpha value is -1.23. The molecule has 20 heavy (non-hydrogen) atoms. The Bertz CT molecular complexity index is 494. The number of nitrogens with one attached hydrogen (secondary N) is 1. The zero-order valence-corrected chi connectivity index (χ0v) is 13.1. The maximum atomic E-state index is 5.12. The Morgan fingerprint density at radius 3 is 2.45 bits per heavy atom. The summed E-state index contributed by atoms with van der Waals surface area (Å²) in [4.78, 5) is 4.44. The summed E-state index contributed by atoms with van der Waals surface area (Å²) in [6, 6.07) is 8.95. The molecule has 0 amide bonds. The molecule has 0 aliphatic carbocycles. The molecule has 3 nitrogen and oxygen atoms in total. The van der Waals surface area contributed by atoms with Gasteiger partial charge in [0.15, 0.2) is 0 Å². The number of hydrogen-bond acceptors (Lipinski definition) is 4. The molecule has 0 radical (unpaired) electrons. The van der Waals surface area contributed by atoms with Crippen molar-refractivity contribution in [3.8, 4) is 0 Å². The van der Waals surface area contributed by atoms with Gasteiger partial charge >= 0.3 is 0 Å². The Labute approximate surface area is 125 Å². The second-order valence-electron chi connectivity index (χ2n) is 5.07. The van der Waals surface area contributed by atoms with Crippen molar-refractivity contribution in [1.82, 2.24) is 10.3 Å². The van der Waals surface area contributed by atoms with E-state index in [2.05, 4.69) is 48.4 Å². The average molecular weight is 290 g/mol. The molecule has 0 saturated carbocycles. The minimum Gasteiger partial charge on any atom is -0.383 e. The van der Waals surface area contributed by atoms with E-state index in [1.807, 2.05) is 11.6 Å². The van der Waals surface area contributed by atoms with Gasteiger partial charge in [0, 0.05) is 25.2 Å². The first-order valence-electron chi connectivity index (χ1n) is 6.94. The second-order valence-corrected chi connectivity index (χ2v) is 6.00. The average Bonchev–Trinajstić information content (AvgIpc) is 2.98. The number of thiazole rings is 1. The minimum atomic E-state index is 0.145. The minimum absolute atomic E-state index is 0.145. The highest BCUT2D eigenvalue weighted by Gasteiger charge is 2.16. The lowest BCUT2D eigenvalue weighted by Crippen LogP contribution is -2.25. The van der Waals surface area contributed by atoms with Crippen LogP contribution in [0.25, 0.3) is 0 Å². The lowest BCUT2D eigenvalue weighted by atomic mass is 9.99. The van der Waals surface area contributed by atoms with E-state index in [0.717, 1.165) is 11.6 Å². The monoisotopic (exact) mass is 290 g/mol. The topological polar surface area (TPSA) is 34.1 Å². The Morgan fingerprint density at radius 2 is 1.90 bits per heavy atom. The van der Waals surface area contributed by atoms with Gasteiger partial charge in [0.05, 0.1) is 12.6 Å². The highest BCUT2D eigenvalue weighted by Crippen LogP contribution is 2.25. The van der Waals surface area contributed by atoms with Crippen LogP contribution < -0.4 is 5.32 Å². The van der Waals surface area contributed by atoms with Crippen LogP contribution in [0.1, 0.15) is 41.9 Å². The van der Waals surface area contributed by atoms with Crippen LogP contribution in [0, 0.1) is 0 Å². The summed E-state index contributed by atoms with van der Waals surface area (Å²) >= 11 is 1.68. The highest BCUT2D eigenvalue weighted by atomic mass is 32.1. The summed E-state index contributed by atoms with van der Waals surface area (Å²) in [6.07, 6.45) is 1.85. The van der Waals surface area contributed by atoms with Crippen LogP contribution in [0.3, 0.4) is 0 Å². The molecule has 2 rings (SSSR count). The smallest absolute Gasteiger partial charge is 0.114 e. The fraction of sp³-hybridized carbons (Fsp3) is 0.438. The Morgan fingerprint density at radius 1 is 1.20 bits per heavy atom. The van der Waals surface area contributed by atoms with Crippen LogP contribution in [0.5, 0.6) is 0 Å². The predicted molar refractivity (Wildman–Crippen MR) is 84.4 cm³/mol. The first kappa shape index (κ1) is 15.2. The second kappa shape index (κ2) is 7.53. The summed E-state index contributed by atoms with van der Waals surface area (Å²) in [5, 5.41) is 6.62. The number of nitrogens with zero attached hydrogens (tertiary/aromatic N) is 1. The van der Waals surface area contributed by atoms with E-state index in [4.69, 9.17) is 4.74 Å². The molecule has 1 aromatic heterocycles. The third-order valence-electron chi connectivity index (χ3n) is 3.29. The molecule has 1 N–H and O–H groups in total. The van der Waals surface area contributed by atoms with Crippen molar-refractivity contribution < 1.29 is 4.74 Å². The van der Waals surface area contributed by atoms with E-state index in [9.17, 15) is 0 Å². The molecule has 0 aliphatic heterocycles. The fourth-order valence-corrected chi connectivity index (χ4v) is 2.84. The van der Waals surface area contributed by atoms with E-state index in [-0.39, 0.29) is 6.04 Å². The van der Waals surface area contributed by atoms with Gasteiger partial charge in [0.25, 0.3) is 0 Å². The van der Waals surface area contributed by atoms with E-state index in [1.54, 1.807) is 18.4 Å². The SMILES string of the molecule is COCCNC(c1ccc(C(C)C)cc1)c1nccs1. The van der Waals surface area contributed by atoms with Crippen molar-refractivity contribution in [2.45, 2.75) is 25.8 Å². The van der Waals surface area contributed by atoms with Crippen LogP contribution in [0.2, 0.25) is 0 Å². The largest absolute Gasteiger partial charge is 0.383 e. The molecule has 4 heteroatoms. The van der Waals surface area contributed by atoms with Crippen molar-refractivity contribution in [3.63, 3.8) is 0 Å². The maximum absolute atomic E-state index is 5.12. The van der Waals surface area contributed by atoms with Gasteiger partial charge in [-0.2, -0.15) is 0 Å². The standard InChI is InChI=1S/C16H22N2OS/c1-12(2)13-4-6-14(7-5-13)15(17-8-10-19-3)16-18-9-11-20-16/h4-7,9,11-12,15,17H,8,10H2,1-3H3. The Balaban J connectivity index is 2.17. The van der Waals surface area contributed by atoms with Crippen LogP contribution in [0.4, 0.5) is 0 Å². The molecule has 0 bridgehead atoms. The maximum Gasteiger partial charge on any atom is 0.114 e. The molecule has 1 aromatic carbocycles. The Kier molecular flexibility index (Phi) is 5.71. The van der Waals surface area contributed by atoms with Crippen LogP contribution in [-0.4, -0.2) is 25.2 Å². The molecular formula is C16H22N2OS. The number of hydrogen-bond donors (Lipinski definition) is 1. The molecule has 0 fully saturated rings.